The van der Waals surface area contributed by atoms with Crippen LogP contribution in [0.1, 0.15) is 0 Å². The maximum absolute atomic E-state index is 6.49. The largest absolute Gasteiger partial charge is 0.455 e. The molecule has 11 rings (SSSR count). The van der Waals surface area contributed by atoms with Gasteiger partial charge in [-0.25, -0.2) is 4.98 Å². The smallest absolute Gasteiger partial charge is 0.238 e. The van der Waals surface area contributed by atoms with Gasteiger partial charge in [-0.3, -0.25) is 4.57 Å². The second-order valence-corrected chi connectivity index (χ2v) is 13.9. The lowest BCUT2D eigenvalue weighted by molar-refractivity contribution is 0.669. The van der Waals surface area contributed by atoms with Crippen LogP contribution in [0.25, 0.3) is 104 Å². The zero-order chi connectivity index (χ0) is 33.5. The Kier molecular flexibility index (Phi) is 6.05. The number of hydrogen-bond acceptors (Lipinski definition) is 5. The van der Waals surface area contributed by atoms with Gasteiger partial charge in [0.1, 0.15) is 11.2 Å². The molecule has 0 N–H and O–H groups in total. The van der Waals surface area contributed by atoms with E-state index >= 15 is 0 Å². The topological polar surface area (TPSA) is 56.7 Å². The van der Waals surface area contributed by atoms with Crippen LogP contribution >= 0.6 is 11.3 Å². The summed E-state index contributed by atoms with van der Waals surface area (Å²) in [6.07, 6.45) is 0. The van der Waals surface area contributed by atoms with E-state index < -0.39 is 0 Å². The van der Waals surface area contributed by atoms with Gasteiger partial charge in [-0.1, -0.05) is 121 Å². The third kappa shape index (κ3) is 4.37. The van der Waals surface area contributed by atoms with Crippen LogP contribution in [-0.4, -0.2) is 19.5 Å². The SMILES string of the molecule is c1ccc(-c2ccc(-c3nc(-c4cccc5c4oc4ccccc45)nc(-n4c5ccccc5c5cc6sc7ccccc7c6cc54)n3)cc2)cc1. The highest BCUT2D eigenvalue weighted by Gasteiger charge is 2.21. The predicted octanol–water partition coefficient (Wildman–Crippen LogP) is 12.2. The first kappa shape index (κ1) is 28.2. The van der Waals surface area contributed by atoms with Crippen LogP contribution in [0.15, 0.2) is 162 Å². The summed E-state index contributed by atoms with van der Waals surface area (Å²) < 4.78 is 11.2. The first-order chi connectivity index (χ1) is 25.3. The van der Waals surface area contributed by atoms with Crippen LogP contribution in [-0.2, 0) is 0 Å². The number of para-hydroxylation sites is 3. The quantitative estimate of drug-likeness (QED) is 0.187. The summed E-state index contributed by atoms with van der Waals surface area (Å²) in [4.78, 5) is 15.7. The Morgan fingerprint density at radius 3 is 2.00 bits per heavy atom. The molecule has 6 heteroatoms. The molecule has 5 nitrogen and oxygen atoms in total. The summed E-state index contributed by atoms with van der Waals surface area (Å²) in [6, 6.07) is 55.0. The van der Waals surface area contributed by atoms with Crippen LogP contribution in [0.4, 0.5) is 0 Å². The Labute approximate surface area is 295 Å². The number of benzene rings is 7. The Morgan fingerprint density at radius 1 is 0.431 bits per heavy atom. The molecule has 0 spiro atoms. The molecule has 0 aliphatic heterocycles. The highest BCUT2D eigenvalue weighted by molar-refractivity contribution is 7.25. The van der Waals surface area contributed by atoms with Crippen molar-refractivity contribution in [3.63, 3.8) is 0 Å². The van der Waals surface area contributed by atoms with E-state index in [2.05, 4.69) is 132 Å². The minimum absolute atomic E-state index is 0.555. The molecular formula is C45H26N4OS. The minimum Gasteiger partial charge on any atom is -0.455 e. The van der Waals surface area contributed by atoms with Crippen molar-refractivity contribution in [2.24, 2.45) is 0 Å². The lowest BCUT2D eigenvalue weighted by Crippen LogP contribution is -2.06. The normalized spacial score (nSPS) is 11.9. The summed E-state index contributed by atoms with van der Waals surface area (Å²) >= 11 is 1.83. The monoisotopic (exact) mass is 670 g/mol. The molecule has 0 bridgehead atoms. The Bertz CT molecular complexity index is 3140. The summed E-state index contributed by atoms with van der Waals surface area (Å²) in [6.45, 7) is 0. The van der Waals surface area contributed by atoms with Crippen molar-refractivity contribution < 1.29 is 4.42 Å². The molecular weight excluding hydrogens is 645 g/mol. The molecule has 4 heterocycles. The number of hydrogen-bond donors (Lipinski definition) is 0. The van der Waals surface area contributed by atoms with E-state index in [1.54, 1.807) is 0 Å². The van der Waals surface area contributed by atoms with Gasteiger partial charge >= 0.3 is 0 Å². The third-order valence-corrected chi connectivity index (χ3v) is 11.0. The molecule has 0 radical (unpaired) electrons. The predicted molar refractivity (Wildman–Crippen MR) is 211 cm³/mol. The average Bonchev–Trinajstić information content (AvgIpc) is 3.86. The van der Waals surface area contributed by atoms with Crippen molar-refractivity contribution in [3.05, 3.63) is 158 Å². The number of nitrogens with zero attached hydrogens (tertiary/aromatic N) is 4. The van der Waals surface area contributed by atoms with E-state index in [0.29, 0.717) is 17.6 Å². The highest BCUT2D eigenvalue weighted by atomic mass is 32.1. The summed E-state index contributed by atoms with van der Waals surface area (Å²) in [5, 5.41) is 6.90. The van der Waals surface area contributed by atoms with Crippen LogP contribution in [0, 0.1) is 0 Å². The number of fused-ring (bicyclic) bond motifs is 9. The van der Waals surface area contributed by atoms with E-state index in [-0.39, 0.29) is 0 Å². The van der Waals surface area contributed by atoms with Gasteiger partial charge in [-0.2, -0.15) is 9.97 Å². The fourth-order valence-corrected chi connectivity index (χ4v) is 8.61. The van der Waals surface area contributed by atoms with Gasteiger partial charge in [0.05, 0.1) is 16.6 Å². The molecule has 4 aromatic heterocycles. The van der Waals surface area contributed by atoms with Crippen LogP contribution in [0.5, 0.6) is 0 Å². The summed E-state index contributed by atoms with van der Waals surface area (Å²) in [5.41, 5.74) is 7.71. The lowest BCUT2D eigenvalue weighted by Gasteiger charge is -2.11. The van der Waals surface area contributed by atoms with Gasteiger partial charge in [-0.15, -0.1) is 11.3 Å². The Balaban J connectivity index is 1.20. The molecule has 11 aromatic rings. The molecule has 0 aliphatic carbocycles. The van der Waals surface area contributed by atoms with Crippen molar-refractivity contribution >= 4 is 75.3 Å². The van der Waals surface area contributed by atoms with Crippen molar-refractivity contribution in [1.82, 2.24) is 19.5 Å². The number of aromatic nitrogens is 4. The summed E-state index contributed by atoms with van der Waals surface area (Å²) in [7, 11) is 0. The van der Waals surface area contributed by atoms with Crippen LogP contribution in [0.3, 0.4) is 0 Å². The lowest BCUT2D eigenvalue weighted by atomic mass is 10.0. The van der Waals surface area contributed by atoms with Crippen LogP contribution < -0.4 is 0 Å². The van der Waals surface area contributed by atoms with Gasteiger partial charge in [0, 0.05) is 47.3 Å². The molecule has 238 valence electrons. The van der Waals surface area contributed by atoms with Gasteiger partial charge < -0.3 is 4.42 Å². The molecule has 0 amide bonds. The number of thiophene rings is 1. The third-order valence-electron chi connectivity index (χ3n) is 9.89. The molecule has 0 saturated carbocycles. The molecule has 0 unspecified atom stereocenters. The second kappa shape index (κ2) is 10.9. The highest BCUT2D eigenvalue weighted by Crippen LogP contribution is 2.41. The van der Waals surface area contributed by atoms with E-state index in [0.717, 1.165) is 60.6 Å². The molecule has 0 atom stereocenters. The van der Waals surface area contributed by atoms with Crippen molar-refractivity contribution in [2.75, 3.05) is 0 Å². The molecule has 0 aliphatic rings. The Morgan fingerprint density at radius 2 is 1.12 bits per heavy atom. The van der Waals surface area contributed by atoms with Crippen molar-refractivity contribution in [3.8, 4) is 39.9 Å². The van der Waals surface area contributed by atoms with E-state index in [4.69, 9.17) is 19.4 Å². The van der Waals surface area contributed by atoms with Gasteiger partial charge in [-0.05, 0) is 47.5 Å². The second-order valence-electron chi connectivity index (χ2n) is 12.8. The number of furan rings is 1. The van der Waals surface area contributed by atoms with Gasteiger partial charge in [0.15, 0.2) is 11.6 Å². The molecule has 51 heavy (non-hydrogen) atoms. The van der Waals surface area contributed by atoms with Crippen LogP contribution in [0.2, 0.25) is 0 Å². The van der Waals surface area contributed by atoms with E-state index in [9.17, 15) is 0 Å². The Hall–Kier alpha value is -6.63. The average molecular weight is 671 g/mol. The number of rotatable bonds is 4. The molecule has 0 fully saturated rings. The van der Waals surface area contributed by atoms with Crippen molar-refractivity contribution in [1.29, 1.82) is 0 Å². The fourth-order valence-electron chi connectivity index (χ4n) is 7.48. The maximum Gasteiger partial charge on any atom is 0.238 e. The maximum atomic E-state index is 6.49. The fraction of sp³-hybridized carbons (Fsp3) is 0. The zero-order valence-electron chi connectivity index (χ0n) is 27.1. The van der Waals surface area contributed by atoms with Gasteiger partial charge in [0.25, 0.3) is 0 Å². The first-order valence-electron chi connectivity index (χ1n) is 16.9. The van der Waals surface area contributed by atoms with Gasteiger partial charge in [0.2, 0.25) is 5.95 Å². The summed E-state index contributed by atoms with van der Waals surface area (Å²) in [5.74, 6) is 1.70. The minimum atomic E-state index is 0.555. The first-order valence-corrected chi connectivity index (χ1v) is 17.8. The van der Waals surface area contributed by atoms with Crippen molar-refractivity contribution in [2.45, 2.75) is 0 Å². The van der Waals surface area contributed by atoms with E-state index in [1.807, 2.05) is 41.7 Å². The molecule has 0 saturated heterocycles. The standard InChI is InChI=1S/C45H26N4OS/c1-2-11-27(12-3-1)28-21-23-29(24-22-28)43-46-44(34-17-10-16-33-31-14-5-8-19-39(31)50-42(33)34)48-45(47-43)49-37-18-7-4-13-30(37)35-26-41-36(25-38(35)49)32-15-6-9-20-40(32)51-41/h1-26H. The zero-order valence-corrected chi connectivity index (χ0v) is 27.9. The molecule has 7 aromatic carbocycles. The van der Waals surface area contributed by atoms with E-state index in [1.165, 1.54) is 25.6 Å².